The van der Waals surface area contributed by atoms with Gasteiger partial charge in [-0.15, -0.1) is 0 Å². The highest BCUT2D eigenvalue weighted by Gasteiger charge is 2.25. The Bertz CT molecular complexity index is 1020. The number of nitrogens with zero attached hydrogens (tertiary/aromatic N) is 2. The van der Waals surface area contributed by atoms with Crippen LogP contribution < -0.4 is 14.4 Å². The van der Waals surface area contributed by atoms with Crippen LogP contribution in [-0.4, -0.2) is 38.5 Å². The van der Waals surface area contributed by atoms with E-state index in [0.29, 0.717) is 23.5 Å². The minimum absolute atomic E-state index is 0.127. The Morgan fingerprint density at radius 1 is 1.03 bits per heavy atom. The molecule has 0 N–H and O–H groups in total. The lowest BCUT2D eigenvalue weighted by Gasteiger charge is -2.15. The van der Waals surface area contributed by atoms with Gasteiger partial charge >= 0.3 is 5.97 Å². The number of carbonyl (C=O) groups excluding carboxylic acids is 2. The highest BCUT2D eigenvalue weighted by atomic mass is 16.6. The fourth-order valence-electron chi connectivity index (χ4n) is 3.34. The van der Waals surface area contributed by atoms with Gasteiger partial charge in [0.2, 0.25) is 11.8 Å². The molecule has 0 bridgehead atoms. The Morgan fingerprint density at radius 3 is 2.45 bits per heavy atom. The van der Waals surface area contributed by atoms with Crippen molar-refractivity contribution in [3.05, 3.63) is 59.3 Å². The van der Waals surface area contributed by atoms with Crippen molar-refractivity contribution in [2.45, 2.75) is 12.8 Å². The van der Waals surface area contributed by atoms with Crippen molar-refractivity contribution in [1.82, 2.24) is 0 Å². The van der Waals surface area contributed by atoms with E-state index in [1.165, 1.54) is 0 Å². The van der Waals surface area contributed by atoms with Crippen LogP contribution in [0.25, 0.3) is 6.08 Å². The van der Waals surface area contributed by atoms with E-state index in [9.17, 15) is 9.59 Å². The smallest absolute Gasteiger partial charge is 0.363 e. The molecule has 1 amide bonds. The first kappa shape index (κ1) is 18.7. The normalized spacial score (nSPS) is 17.5. The van der Waals surface area contributed by atoms with Crippen LogP contribution in [0.4, 0.5) is 5.69 Å². The lowest BCUT2D eigenvalue weighted by atomic mass is 10.1. The Hall–Kier alpha value is -3.61. The molecular weight excluding hydrogens is 372 g/mol. The second-order valence-corrected chi connectivity index (χ2v) is 6.65. The summed E-state index contributed by atoms with van der Waals surface area (Å²) in [5.41, 5.74) is 2.44. The van der Waals surface area contributed by atoms with Gasteiger partial charge < -0.3 is 19.1 Å². The zero-order valence-electron chi connectivity index (χ0n) is 16.2. The molecule has 0 atom stereocenters. The SMILES string of the molecule is COc1ccc(/C=C2/N=C(c3ccc(N4CCCC4=O)cc3)OC2=O)cc1OC. The number of methoxy groups -OCH3 is 2. The van der Waals surface area contributed by atoms with E-state index in [0.717, 1.165) is 24.2 Å². The van der Waals surface area contributed by atoms with Crippen LogP contribution in [0, 0.1) is 0 Å². The lowest BCUT2D eigenvalue weighted by molar-refractivity contribution is -0.130. The molecule has 1 saturated heterocycles. The fourth-order valence-corrected chi connectivity index (χ4v) is 3.34. The summed E-state index contributed by atoms with van der Waals surface area (Å²) < 4.78 is 15.8. The molecule has 0 aliphatic carbocycles. The summed E-state index contributed by atoms with van der Waals surface area (Å²) in [6.07, 6.45) is 3.08. The molecule has 2 aliphatic rings. The van der Waals surface area contributed by atoms with Gasteiger partial charge in [0.05, 0.1) is 14.2 Å². The minimum atomic E-state index is -0.520. The van der Waals surface area contributed by atoms with Gasteiger partial charge in [-0.3, -0.25) is 4.79 Å². The Kier molecular flexibility index (Phi) is 5.03. The van der Waals surface area contributed by atoms with Gasteiger partial charge in [0.25, 0.3) is 0 Å². The van der Waals surface area contributed by atoms with Gasteiger partial charge in [0, 0.05) is 24.2 Å². The van der Waals surface area contributed by atoms with E-state index in [1.54, 1.807) is 55.5 Å². The number of anilines is 1. The molecule has 2 aromatic carbocycles. The van der Waals surface area contributed by atoms with E-state index >= 15 is 0 Å². The van der Waals surface area contributed by atoms with Crippen molar-refractivity contribution in [3.63, 3.8) is 0 Å². The number of hydrogen-bond donors (Lipinski definition) is 0. The molecule has 0 aromatic heterocycles. The van der Waals surface area contributed by atoms with Crippen LogP contribution in [0.3, 0.4) is 0 Å². The zero-order valence-corrected chi connectivity index (χ0v) is 16.2. The monoisotopic (exact) mass is 392 g/mol. The first-order valence-electron chi connectivity index (χ1n) is 9.24. The van der Waals surface area contributed by atoms with Gasteiger partial charge in [-0.2, -0.15) is 0 Å². The Morgan fingerprint density at radius 2 is 1.79 bits per heavy atom. The third-order valence-electron chi connectivity index (χ3n) is 4.83. The minimum Gasteiger partial charge on any atom is -0.493 e. The van der Waals surface area contributed by atoms with Crippen LogP contribution in [0.1, 0.15) is 24.0 Å². The van der Waals surface area contributed by atoms with Crippen molar-refractivity contribution < 1.29 is 23.8 Å². The van der Waals surface area contributed by atoms with Crippen LogP contribution in [0.5, 0.6) is 11.5 Å². The average molecular weight is 392 g/mol. The molecule has 2 aliphatic heterocycles. The van der Waals surface area contributed by atoms with Crippen molar-refractivity contribution in [3.8, 4) is 11.5 Å². The molecule has 0 saturated carbocycles. The van der Waals surface area contributed by atoms with Crippen molar-refractivity contribution in [1.29, 1.82) is 0 Å². The molecule has 0 unspecified atom stereocenters. The molecule has 0 radical (unpaired) electrons. The fraction of sp³-hybridized carbons (Fsp3) is 0.227. The van der Waals surface area contributed by atoms with E-state index in [2.05, 4.69) is 4.99 Å². The number of amides is 1. The number of hydrogen-bond acceptors (Lipinski definition) is 6. The molecule has 148 valence electrons. The topological polar surface area (TPSA) is 77.4 Å². The standard InChI is InChI=1S/C22H20N2O5/c1-27-18-10-5-14(13-19(18)28-2)12-17-22(26)29-21(23-17)15-6-8-16(9-7-15)24-11-3-4-20(24)25/h5-10,12-13H,3-4,11H2,1-2H3/b17-12+. The first-order chi connectivity index (χ1) is 14.1. The maximum atomic E-state index is 12.2. The van der Waals surface area contributed by atoms with Gasteiger partial charge in [-0.05, 0) is 54.5 Å². The number of carbonyl (C=O) groups is 2. The number of rotatable bonds is 5. The first-order valence-corrected chi connectivity index (χ1v) is 9.24. The summed E-state index contributed by atoms with van der Waals surface area (Å²) in [6.45, 7) is 0.728. The predicted octanol–water partition coefficient (Wildman–Crippen LogP) is 3.18. The number of aliphatic imine (C=N–C) groups is 1. The number of cyclic esters (lactones) is 1. The van der Waals surface area contributed by atoms with E-state index in [1.807, 2.05) is 12.1 Å². The van der Waals surface area contributed by atoms with Gasteiger partial charge in [0.15, 0.2) is 17.2 Å². The maximum absolute atomic E-state index is 12.2. The second-order valence-electron chi connectivity index (χ2n) is 6.65. The van der Waals surface area contributed by atoms with Gasteiger partial charge in [-0.1, -0.05) is 6.07 Å². The molecule has 29 heavy (non-hydrogen) atoms. The van der Waals surface area contributed by atoms with Crippen LogP contribution in [-0.2, 0) is 14.3 Å². The largest absolute Gasteiger partial charge is 0.493 e. The Balaban J connectivity index is 1.57. The van der Waals surface area contributed by atoms with Crippen molar-refractivity contribution in [2.75, 3.05) is 25.7 Å². The van der Waals surface area contributed by atoms with Crippen molar-refractivity contribution >= 4 is 29.5 Å². The molecule has 4 rings (SSSR count). The average Bonchev–Trinajstić information content (AvgIpc) is 3.33. The Labute approximate surface area is 168 Å². The summed E-state index contributed by atoms with van der Waals surface area (Å²) in [5, 5.41) is 0. The highest BCUT2D eigenvalue weighted by Crippen LogP contribution is 2.29. The highest BCUT2D eigenvalue weighted by molar-refractivity contribution is 6.13. The van der Waals surface area contributed by atoms with E-state index < -0.39 is 5.97 Å². The quantitative estimate of drug-likeness (QED) is 0.577. The third-order valence-corrected chi connectivity index (χ3v) is 4.83. The summed E-state index contributed by atoms with van der Waals surface area (Å²) >= 11 is 0. The van der Waals surface area contributed by atoms with Crippen molar-refractivity contribution in [2.24, 2.45) is 4.99 Å². The predicted molar refractivity (Wildman–Crippen MR) is 108 cm³/mol. The van der Waals surface area contributed by atoms with Crippen LogP contribution in [0.15, 0.2) is 53.2 Å². The molecule has 0 spiro atoms. The van der Waals surface area contributed by atoms with Crippen LogP contribution in [0.2, 0.25) is 0 Å². The number of ether oxygens (including phenoxy) is 3. The van der Waals surface area contributed by atoms with Gasteiger partial charge in [0.1, 0.15) is 0 Å². The zero-order chi connectivity index (χ0) is 20.4. The molecule has 2 heterocycles. The van der Waals surface area contributed by atoms with Crippen LogP contribution >= 0.6 is 0 Å². The molecule has 7 nitrogen and oxygen atoms in total. The molecular formula is C22H20N2O5. The summed E-state index contributed by atoms with van der Waals surface area (Å²) in [7, 11) is 3.11. The van der Waals surface area contributed by atoms with Gasteiger partial charge in [-0.25, -0.2) is 9.79 Å². The lowest BCUT2D eigenvalue weighted by Crippen LogP contribution is -2.23. The summed E-state index contributed by atoms with van der Waals surface area (Å²) in [4.78, 5) is 30.2. The summed E-state index contributed by atoms with van der Waals surface area (Å²) in [5.74, 6) is 1.01. The van der Waals surface area contributed by atoms with E-state index in [-0.39, 0.29) is 17.5 Å². The molecule has 1 fully saturated rings. The molecule has 7 heteroatoms. The second kappa shape index (κ2) is 7.79. The molecule has 2 aromatic rings. The van der Waals surface area contributed by atoms with E-state index in [4.69, 9.17) is 14.2 Å². The third kappa shape index (κ3) is 3.71. The summed E-state index contributed by atoms with van der Waals surface area (Å²) in [6, 6.07) is 12.6. The maximum Gasteiger partial charge on any atom is 0.363 e. The number of benzene rings is 2. The number of esters is 1.